The van der Waals surface area contributed by atoms with Crippen molar-refractivity contribution in [3.05, 3.63) is 33.9 Å². The Labute approximate surface area is 117 Å². The zero-order chi connectivity index (χ0) is 14.7. The maximum atomic E-state index is 11.8. The molecule has 6 heteroatoms. The number of anilines is 1. The van der Waals surface area contributed by atoms with E-state index in [0.717, 1.165) is 12.8 Å². The van der Waals surface area contributed by atoms with Gasteiger partial charge in [-0.25, -0.2) is 0 Å². The second-order valence-corrected chi connectivity index (χ2v) is 5.27. The topological polar surface area (TPSA) is 84.3 Å². The first kappa shape index (κ1) is 14.3. The van der Waals surface area contributed by atoms with Crippen LogP contribution in [0.3, 0.4) is 0 Å². The Kier molecular flexibility index (Phi) is 4.22. The van der Waals surface area contributed by atoms with Gasteiger partial charge in [-0.05, 0) is 37.8 Å². The van der Waals surface area contributed by atoms with Gasteiger partial charge in [0.2, 0.25) is 0 Å². The molecule has 2 N–H and O–H groups in total. The number of nitro benzene ring substituents is 1. The third-order valence-corrected chi connectivity index (χ3v) is 3.53. The number of hydrogen-bond donors (Lipinski definition) is 2. The molecule has 0 aromatic heterocycles. The molecule has 0 heterocycles. The Balaban J connectivity index is 2.22. The number of nitrogens with one attached hydrogen (secondary N) is 2. The van der Waals surface area contributed by atoms with E-state index < -0.39 is 4.92 Å². The molecule has 108 valence electrons. The lowest BCUT2D eigenvalue weighted by Crippen LogP contribution is -2.34. The molecule has 0 spiro atoms. The minimum absolute atomic E-state index is 0.0117. The number of amides is 1. The van der Waals surface area contributed by atoms with Crippen LogP contribution in [-0.4, -0.2) is 23.4 Å². The van der Waals surface area contributed by atoms with Crippen molar-refractivity contribution in [3.8, 4) is 0 Å². The van der Waals surface area contributed by atoms with Gasteiger partial charge in [-0.15, -0.1) is 0 Å². The molecule has 1 aromatic carbocycles. The molecule has 0 radical (unpaired) electrons. The van der Waals surface area contributed by atoms with E-state index in [1.54, 1.807) is 6.07 Å². The zero-order valence-corrected chi connectivity index (χ0v) is 11.7. The minimum Gasteiger partial charge on any atom is -0.377 e. The van der Waals surface area contributed by atoms with Crippen molar-refractivity contribution in [3.63, 3.8) is 0 Å². The highest BCUT2D eigenvalue weighted by atomic mass is 16.6. The SMILES string of the molecule is CCNC(=O)c1ccc([N+](=O)[O-])c(NC2CC(C)C2)c1. The fourth-order valence-corrected chi connectivity index (χ4v) is 2.45. The van der Waals surface area contributed by atoms with E-state index in [0.29, 0.717) is 23.7 Å². The number of nitro groups is 1. The Bertz CT molecular complexity index is 524. The first-order valence-electron chi connectivity index (χ1n) is 6.84. The lowest BCUT2D eigenvalue weighted by atomic mass is 9.82. The Morgan fingerprint density at radius 3 is 2.70 bits per heavy atom. The molecule has 1 fully saturated rings. The lowest BCUT2D eigenvalue weighted by Gasteiger charge is -2.33. The predicted octanol–water partition coefficient (Wildman–Crippen LogP) is 2.55. The van der Waals surface area contributed by atoms with Crippen LogP contribution in [0, 0.1) is 16.0 Å². The van der Waals surface area contributed by atoms with Crippen molar-refractivity contribution in [2.45, 2.75) is 32.7 Å². The standard InChI is InChI=1S/C14H19N3O3/c1-3-15-14(18)10-4-5-13(17(19)20)12(8-10)16-11-6-9(2)7-11/h4-5,8-9,11,16H,3,6-7H2,1-2H3,(H,15,18). The number of carbonyl (C=O) groups is 1. The molecule has 1 aliphatic rings. The van der Waals surface area contributed by atoms with Gasteiger partial charge in [0.25, 0.3) is 11.6 Å². The Morgan fingerprint density at radius 1 is 1.45 bits per heavy atom. The smallest absolute Gasteiger partial charge is 0.292 e. The number of hydrogen-bond acceptors (Lipinski definition) is 4. The fourth-order valence-electron chi connectivity index (χ4n) is 2.45. The normalized spacial score (nSPS) is 20.9. The number of nitrogens with zero attached hydrogens (tertiary/aromatic N) is 1. The maximum Gasteiger partial charge on any atom is 0.292 e. The monoisotopic (exact) mass is 277 g/mol. The predicted molar refractivity (Wildman–Crippen MR) is 76.9 cm³/mol. The van der Waals surface area contributed by atoms with Crippen LogP contribution in [0.5, 0.6) is 0 Å². The summed E-state index contributed by atoms with van der Waals surface area (Å²) in [5, 5.41) is 16.9. The largest absolute Gasteiger partial charge is 0.377 e. The third kappa shape index (κ3) is 3.07. The second-order valence-electron chi connectivity index (χ2n) is 5.27. The average molecular weight is 277 g/mol. The summed E-state index contributed by atoms with van der Waals surface area (Å²) in [6.45, 7) is 4.51. The first-order valence-corrected chi connectivity index (χ1v) is 6.84. The number of rotatable bonds is 5. The molecular weight excluding hydrogens is 258 g/mol. The van der Waals surface area contributed by atoms with Gasteiger partial charge in [0.1, 0.15) is 5.69 Å². The van der Waals surface area contributed by atoms with Gasteiger partial charge in [0.05, 0.1) is 4.92 Å². The summed E-state index contributed by atoms with van der Waals surface area (Å²) in [6, 6.07) is 4.69. The number of benzene rings is 1. The second kappa shape index (κ2) is 5.90. The summed E-state index contributed by atoms with van der Waals surface area (Å²) in [5.41, 5.74) is 0.876. The quantitative estimate of drug-likeness (QED) is 0.640. The van der Waals surface area contributed by atoms with Gasteiger partial charge in [-0.1, -0.05) is 6.92 Å². The summed E-state index contributed by atoms with van der Waals surface area (Å²) in [5.74, 6) is 0.436. The summed E-state index contributed by atoms with van der Waals surface area (Å²) in [6.07, 6.45) is 2.01. The molecule has 1 aliphatic carbocycles. The van der Waals surface area contributed by atoms with Crippen molar-refractivity contribution in [1.29, 1.82) is 0 Å². The molecule has 0 aliphatic heterocycles. The van der Waals surface area contributed by atoms with Gasteiger partial charge in [0.15, 0.2) is 0 Å². The maximum absolute atomic E-state index is 11.8. The molecule has 0 unspecified atom stereocenters. The van der Waals surface area contributed by atoms with Crippen molar-refractivity contribution < 1.29 is 9.72 Å². The minimum atomic E-state index is -0.425. The van der Waals surface area contributed by atoms with Crippen LogP contribution in [0.4, 0.5) is 11.4 Å². The third-order valence-electron chi connectivity index (χ3n) is 3.53. The van der Waals surface area contributed by atoms with E-state index in [2.05, 4.69) is 17.6 Å². The molecule has 20 heavy (non-hydrogen) atoms. The fraction of sp³-hybridized carbons (Fsp3) is 0.500. The van der Waals surface area contributed by atoms with Crippen molar-refractivity contribution in [2.75, 3.05) is 11.9 Å². The molecule has 1 saturated carbocycles. The molecule has 0 saturated heterocycles. The van der Waals surface area contributed by atoms with Gasteiger partial charge >= 0.3 is 0 Å². The average Bonchev–Trinajstić information content (AvgIpc) is 2.36. The van der Waals surface area contributed by atoms with Gasteiger partial charge < -0.3 is 10.6 Å². The lowest BCUT2D eigenvalue weighted by molar-refractivity contribution is -0.384. The van der Waals surface area contributed by atoms with Crippen LogP contribution < -0.4 is 10.6 Å². The Morgan fingerprint density at radius 2 is 2.15 bits per heavy atom. The first-order chi connectivity index (χ1) is 9.51. The van der Waals surface area contributed by atoms with Crippen LogP contribution in [0.2, 0.25) is 0 Å². The van der Waals surface area contributed by atoms with Crippen LogP contribution in [0.25, 0.3) is 0 Å². The highest BCUT2D eigenvalue weighted by Crippen LogP contribution is 2.33. The summed E-state index contributed by atoms with van der Waals surface area (Å²) >= 11 is 0. The van der Waals surface area contributed by atoms with Gasteiger partial charge in [-0.3, -0.25) is 14.9 Å². The van der Waals surface area contributed by atoms with E-state index in [-0.39, 0.29) is 17.6 Å². The molecule has 0 bridgehead atoms. The summed E-state index contributed by atoms with van der Waals surface area (Å²) in [7, 11) is 0. The molecule has 0 atom stereocenters. The summed E-state index contributed by atoms with van der Waals surface area (Å²) < 4.78 is 0. The van der Waals surface area contributed by atoms with Crippen LogP contribution >= 0.6 is 0 Å². The zero-order valence-electron chi connectivity index (χ0n) is 11.7. The Hall–Kier alpha value is -2.11. The van der Waals surface area contributed by atoms with Crippen molar-refractivity contribution >= 4 is 17.3 Å². The molecule has 1 amide bonds. The van der Waals surface area contributed by atoms with Crippen LogP contribution in [0.15, 0.2) is 18.2 Å². The highest BCUT2D eigenvalue weighted by Gasteiger charge is 2.27. The molecule has 1 aromatic rings. The van der Waals surface area contributed by atoms with Gasteiger partial charge in [0, 0.05) is 24.2 Å². The van der Waals surface area contributed by atoms with E-state index in [9.17, 15) is 14.9 Å². The van der Waals surface area contributed by atoms with Crippen molar-refractivity contribution in [1.82, 2.24) is 5.32 Å². The molecule has 6 nitrogen and oxygen atoms in total. The number of carbonyl (C=O) groups excluding carboxylic acids is 1. The summed E-state index contributed by atoms with van der Waals surface area (Å²) in [4.78, 5) is 22.4. The highest BCUT2D eigenvalue weighted by molar-refractivity contribution is 5.95. The van der Waals surface area contributed by atoms with Crippen molar-refractivity contribution in [2.24, 2.45) is 5.92 Å². The van der Waals surface area contributed by atoms with E-state index in [1.165, 1.54) is 12.1 Å². The van der Waals surface area contributed by atoms with E-state index in [4.69, 9.17) is 0 Å². The van der Waals surface area contributed by atoms with Crippen LogP contribution in [0.1, 0.15) is 37.0 Å². The van der Waals surface area contributed by atoms with Gasteiger partial charge in [-0.2, -0.15) is 0 Å². The molecular formula is C14H19N3O3. The van der Waals surface area contributed by atoms with E-state index in [1.807, 2.05) is 6.92 Å². The van der Waals surface area contributed by atoms with Crippen LogP contribution in [-0.2, 0) is 0 Å². The molecule has 2 rings (SSSR count). The van der Waals surface area contributed by atoms with E-state index >= 15 is 0 Å².